The molecule has 2 aromatic carbocycles. The van der Waals surface area contributed by atoms with Gasteiger partial charge >= 0.3 is 0 Å². The molecule has 1 amide bonds. The van der Waals surface area contributed by atoms with Gasteiger partial charge in [-0.25, -0.2) is 0 Å². The third kappa shape index (κ3) is 3.09. The summed E-state index contributed by atoms with van der Waals surface area (Å²) < 4.78 is 12.8. The first-order valence-corrected chi connectivity index (χ1v) is 8.34. The number of rotatable bonds is 3. The highest BCUT2D eigenvalue weighted by atomic mass is 35.5. The topological polar surface area (TPSA) is 78.3 Å². The van der Waals surface area contributed by atoms with Crippen molar-refractivity contribution < 1.29 is 14.3 Å². The van der Waals surface area contributed by atoms with Crippen molar-refractivity contribution in [2.24, 2.45) is 7.05 Å². The van der Waals surface area contributed by atoms with Crippen molar-refractivity contribution in [2.45, 2.75) is 0 Å². The lowest BCUT2D eigenvalue weighted by molar-refractivity contribution is 0.102. The van der Waals surface area contributed by atoms with Crippen LogP contribution in [0.4, 0.5) is 5.69 Å². The summed E-state index contributed by atoms with van der Waals surface area (Å²) in [6, 6.07) is 10.6. The van der Waals surface area contributed by atoms with E-state index < -0.39 is 0 Å². The molecule has 4 rings (SSSR count). The number of fused-ring (bicyclic) bond motifs is 1. The number of aromatic nitrogens is 3. The third-order valence-corrected chi connectivity index (χ3v) is 4.23. The summed E-state index contributed by atoms with van der Waals surface area (Å²) in [5.74, 6) is 1.36. The number of hydrogen-bond acceptors (Lipinski definition) is 5. The Morgan fingerprint density at radius 2 is 2.08 bits per heavy atom. The maximum atomic E-state index is 12.6. The van der Waals surface area contributed by atoms with E-state index in [9.17, 15) is 4.79 Å². The van der Waals surface area contributed by atoms with Crippen LogP contribution < -0.4 is 14.8 Å². The number of halogens is 1. The van der Waals surface area contributed by atoms with Crippen LogP contribution in [0, 0.1) is 0 Å². The van der Waals surface area contributed by atoms with E-state index in [1.807, 2.05) is 29.8 Å². The molecule has 0 radical (unpaired) electrons. The van der Waals surface area contributed by atoms with Gasteiger partial charge in [-0.3, -0.25) is 4.79 Å². The van der Waals surface area contributed by atoms with E-state index in [2.05, 4.69) is 15.5 Å². The minimum absolute atomic E-state index is 0.293. The molecule has 1 aliphatic rings. The Hall–Kier alpha value is -3.06. The van der Waals surface area contributed by atoms with E-state index in [0.29, 0.717) is 46.8 Å². The van der Waals surface area contributed by atoms with E-state index in [1.165, 1.54) is 0 Å². The lowest BCUT2D eigenvalue weighted by atomic mass is 10.1. The average Bonchev–Trinajstić information content (AvgIpc) is 3.08. The zero-order valence-corrected chi connectivity index (χ0v) is 14.7. The van der Waals surface area contributed by atoms with Gasteiger partial charge in [0.05, 0.1) is 5.02 Å². The van der Waals surface area contributed by atoms with Crippen molar-refractivity contribution in [1.29, 1.82) is 0 Å². The highest BCUT2D eigenvalue weighted by molar-refractivity contribution is 6.32. The molecule has 0 aliphatic carbocycles. The average molecular weight is 371 g/mol. The monoisotopic (exact) mass is 370 g/mol. The molecule has 0 unspecified atom stereocenters. The minimum atomic E-state index is -0.293. The number of hydrogen-bond donors (Lipinski definition) is 1. The zero-order valence-electron chi connectivity index (χ0n) is 13.9. The van der Waals surface area contributed by atoms with Gasteiger partial charge in [0.25, 0.3) is 5.91 Å². The van der Waals surface area contributed by atoms with E-state index in [0.717, 1.165) is 5.56 Å². The summed E-state index contributed by atoms with van der Waals surface area (Å²) in [6.07, 6.45) is 1.62. The summed E-state index contributed by atoms with van der Waals surface area (Å²) in [7, 11) is 1.86. The number of carbonyl (C=O) groups is 1. The molecule has 26 heavy (non-hydrogen) atoms. The second-order valence-electron chi connectivity index (χ2n) is 5.78. The molecule has 132 valence electrons. The summed E-state index contributed by atoms with van der Waals surface area (Å²) >= 11 is 6.20. The molecular formula is C18H15ClN4O3. The van der Waals surface area contributed by atoms with Crippen LogP contribution in [-0.2, 0) is 7.05 Å². The van der Waals surface area contributed by atoms with Gasteiger partial charge in [0.1, 0.15) is 19.5 Å². The Kier molecular flexibility index (Phi) is 4.22. The van der Waals surface area contributed by atoms with Gasteiger partial charge in [0, 0.05) is 23.9 Å². The molecular weight excluding hydrogens is 356 g/mol. The maximum absolute atomic E-state index is 12.6. The molecule has 1 aliphatic heterocycles. The molecule has 8 heteroatoms. The molecule has 0 saturated carbocycles. The Labute approximate surface area is 154 Å². The van der Waals surface area contributed by atoms with Crippen molar-refractivity contribution in [3.05, 3.63) is 53.3 Å². The smallest absolute Gasteiger partial charge is 0.255 e. The Morgan fingerprint density at radius 3 is 2.88 bits per heavy atom. The van der Waals surface area contributed by atoms with Crippen molar-refractivity contribution in [1.82, 2.24) is 14.8 Å². The van der Waals surface area contributed by atoms with Gasteiger partial charge in [-0.1, -0.05) is 23.7 Å². The normalized spacial score (nSPS) is 12.7. The first kappa shape index (κ1) is 16.4. The van der Waals surface area contributed by atoms with Crippen molar-refractivity contribution in [3.63, 3.8) is 0 Å². The number of benzene rings is 2. The number of anilines is 1. The van der Waals surface area contributed by atoms with E-state index in [-0.39, 0.29) is 5.91 Å². The van der Waals surface area contributed by atoms with Gasteiger partial charge < -0.3 is 19.4 Å². The number of nitrogens with zero attached hydrogens (tertiary/aromatic N) is 3. The van der Waals surface area contributed by atoms with Gasteiger partial charge in [0.15, 0.2) is 17.3 Å². The largest absolute Gasteiger partial charge is 0.486 e. The number of nitrogens with one attached hydrogen (secondary N) is 1. The van der Waals surface area contributed by atoms with Crippen molar-refractivity contribution in [3.8, 4) is 22.9 Å². The fourth-order valence-corrected chi connectivity index (χ4v) is 2.99. The second-order valence-corrected chi connectivity index (χ2v) is 6.19. The first-order chi connectivity index (χ1) is 12.6. The van der Waals surface area contributed by atoms with Crippen molar-refractivity contribution in [2.75, 3.05) is 18.5 Å². The summed E-state index contributed by atoms with van der Waals surface area (Å²) in [5.41, 5.74) is 1.88. The number of amides is 1. The molecule has 0 spiro atoms. The van der Waals surface area contributed by atoms with Gasteiger partial charge in [-0.15, -0.1) is 10.2 Å². The third-order valence-electron chi connectivity index (χ3n) is 3.95. The Bertz CT molecular complexity index is 986. The van der Waals surface area contributed by atoms with E-state index in [1.54, 1.807) is 24.5 Å². The van der Waals surface area contributed by atoms with Crippen LogP contribution in [0.15, 0.2) is 42.7 Å². The SMILES string of the molecule is Cn1cnnc1-c1cccc(NC(=O)c2cc(Cl)c3c(c2)OCCO3)c1. The molecule has 0 saturated heterocycles. The van der Waals surface area contributed by atoms with Crippen LogP contribution >= 0.6 is 11.6 Å². The van der Waals surface area contributed by atoms with Crippen molar-refractivity contribution >= 4 is 23.2 Å². The Morgan fingerprint density at radius 1 is 1.23 bits per heavy atom. The van der Waals surface area contributed by atoms with Crippen LogP contribution in [0.3, 0.4) is 0 Å². The predicted octanol–water partition coefficient (Wildman–Crippen LogP) is 3.16. The molecule has 1 aromatic heterocycles. The quantitative estimate of drug-likeness (QED) is 0.766. The Balaban J connectivity index is 1.59. The summed E-state index contributed by atoms with van der Waals surface area (Å²) in [5, 5.41) is 11.2. The summed E-state index contributed by atoms with van der Waals surface area (Å²) in [4.78, 5) is 12.6. The summed E-state index contributed by atoms with van der Waals surface area (Å²) in [6.45, 7) is 0.862. The standard InChI is InChI=1S/C18H15ClN4O3/c1-23-10-20-22-17(23)11-3-2-4-13(7-11)21-18(24)12-8-14(19)16-15(9-12)25-5-6-26-16/h2-4,7-10H,5-6H2,1H3,(H,21,24). The van der Waals surface area contributed by atoms with Crippen LogP contribution in [0.25, 0.3) is 11.4 Å². The molecule has 0 bridgehead atoms. The van der Waals surface area contributed by atoms with Crippen LogP contribution in [-0.4, -0.2) is 33.9 Å². The molecule has 7 nitrogen and oxygen atoms in total. The fourth-order valence-electron chi connectivity index (χ4n) is 2.73. The highest BCUT2D eigenvalue weighted by Gasteiger charge is 2.19. The fraction of sp³-hybridized carbons (Fsp3) is 0.167. The molecule has 3 aromatic rings. The number of carbonyl (C=O) groups excluding carboxylic acids is 1. The van der Waals surface area contributed by atoms with Crippen LogP contribution in [0.1, 0.15) is 10.4 Å². The lowest BCUT2D eigenvalue weighted by Crippen LogP contribution is -2.17. The lowest BCUT2D eigenvalue weighted by Gasteiger charge is -2.20. The minimum Gasteiger partial charge on any atom is -0.486 e. The molecule has 0 fully saturated rings. The number of ether oxygens (including phenoxy) is 2. The van der Waals surface area contributed by atoms with Crippen LogP contribution in [0.5, 0.6) is 11.5 Å². The van der Waals surface area contributed by atoms with Gasteiger partial charge in [-0.05, 0) is 24.3 Å². The highest BCUT2D eigenvalue weighted by Crippen LogP contribution is 2.38. The van der Waals surface area contributed by atoms with E-state index >= 15 is 0 Å². The van der Waals surface area contributed by atoms with Crippen LogP contribution in [0.2, 0.25) is 5.02 Å². The predicted molar refractivity (Wildman–Crippen MR) is 96.8 cm³/mol. The first-order valence-electron chi connectivity index (χ1n) is 7.97. The van der Waals surface area contributed by atoms with Gasteiger partial charge in [-0.2, -0.15) is 0 Å². The maximum Gasteiger partial charge on any atom is 0.255 e. The molecule has 2 heterocycles. The zero-order chi connectivity index (χ0) is 18.1. The number of aryl methyl sites for hydroxylation is 1. The second kappa shape index (κ2) is 6.68. The van der Waals surface area contributed by atoms with E-state index in [4.69, 9.17) is 21.1 Å². The molecule has 0 atom stereocenters. The molecule has 1 N–H and O–H groups in total. The van der Waals surface area contributed by atoms with Gasteiger partial charge in [0.2, 0.25) is 0 Å².